The molecular formula is C25H28BrF3N6O5. The summed E-state index contributed by atoms with van der Waals surface area (Å²) in [5.41, 5.74) is 0.361. The molecule has 3 heterocycles. The van der Waals surface area contributed by atoms with Gasteiger partial charge in [-0.05, 0) is 31.9 Å². The van der Waals surface area contributed by atoms with E-state index in [0.717, 1.165) is 4.90 Å². The van der Waals surface area contributed by atoms with Crippen molar-refractivity contribution in [1.29, 1.82) is 0 Å². The number of rotatable bonds is 6. The summed E-state index contributed by atoms with van der Waals surface area (Å²) >= 11 is 3.18. The molecule has 2 aromatic rings. The van der Waals surface area contributed by atoms with Gasteiger partial charge in [-0.3, -0.25) is 24.7 Å². The van der Waals surface area contributed by atoms with E-state index in [-0.39, 0.29) is 34.7 Å². The molecule has 4 rings (SSSR count). The second-order valence-electron chi connectivity index (χ2n) is 9.74. The molecule has 1 aromatic carbocycles. The Morgan fingerprint density at radius 2 is 1.90 bits per heavy atom. The third kappa shape index (κ3) is 6.63. The molecule has 2 amide bonds. The summed E-state index contributed by atoms with van der Waals surface area (Å²) in [6, 6.07) is 3.78. The molecule has 2 N–H and O–H groups in total. The number of halogens is 4. The van der Waals surface area contributed by atoms with Gasteiger partial charge in [-0.25, -0.2) is 0 Å². The van der Waals surface area contributed by atoms with Gasteiger partial charge in [0.1, 0.15) is 5.69 Å². The van der Waals surface area contributed by atoms with Crippen molar-refractivity contribution in [1.82, 2.24) is 14.8 Å². The number of hydrogen-bond acceptors (Lipinski definition) is 8. The van der Waals surface area contributed by atoms with E-state index in [9.17, 15) is 32.9 Å². The maximum Gasteiger partial charge on any atom is 0.416 e. The Hall–Kier alpha value is -3.46. The highest BCUT2D eigenvalue weighted by Gasteiger charge is 2.46. The molecule has 2 aliphatic heterocycles. The van der Waals surface area contributed by atoms with E-state index in [4.69, 9.17) is 4.74 Å². The number of amides is 2. The van der Waals surface area contributed by atoms with Crippen molar-refractivity contribution < 1.29 is 32.4 Å². The summed E-state index contributed by atoms with van der Waals surface area (Å²) in [6.07, 6.45) is -3.58. The minimum atomic E-state index is -4.68. The summed E-state index contributed by atoms with van der Waals surface area (Å²) in [5.74, 6) is -1.06. The first-order chi connectivity index (χ1) is 18.9. The third-order valence-electron chi connectivity index (χ3n) is 6.75. The fourth-order valence-electron chi connectivity index (χ4n) is 4.88. The molecule has 0 radical (unpaired) electrons. The van der Waals surface area contributed by atoms with Crippen molar-refractivity contribution in [3.05, 3.63) is 56.3 Å². The van der Waals surface area contributed by atoms with Gasteiger partial charge in [0, 0.05) is 55.7 Å². The van der Waals surface area contributed by atoms with Crippen molar-refractivity contribution in [3.8, 4) is 0 Å². The second-order valence-corrected chi connectivity index (χ2v) is 10.7. The predicted molar refractivity (Wildman–Crippen MR) is 143 cm³/mol. The third-order valence-corrected chi connectivity index (χ3v) is 7.21. The second kappa shape index (κ2) is 12.0. The van der Waals surface area contributed by atoms with Crippen LogP contribution >= 0.6 is 15.9 Å². The number of nitrogens with one attached hydrogen (secondary N) is 2. The molecule has 11 nitrogen and oxygen atoms in total. The highest BCUT2D eigenvalue weighted by molar-refractivity contribution is 9.10. The number of anilines is 2. The van der Waals surface area contributed by atoms with Crippen LogP contribution in [0.3, 0.4) is 0 Å². The maximum atomic E-state index is 13.6. The molecule has 3 atom stereocenters. The Kier molecular flexibility index (Phi) is 8.83. The molecule has 2 fully saturated rings. The Labute approximate surface area is 236 Å². The Balaban J connectivity index is 1.61. The van der Waals surface area contributed by atoms with Crippen LogP contribution in [0, 0.1) is 10.1 Å². The molecule has 0 bridgehead atoms. The van der Waals surface area contributed by atoms with Gasteiger partial charge in [0.15, 0.2) is 6.10 Å². The lowest BCUT2D eigenvalue weighted by molar-refractivity contribution is -0.384. The van der Waals surface area contributed by atoms with Crippen LogP contribution < -0.4 is 10.6 Å². The van der Waals surface area contributed by atoms with E-state index in [1.807, 2.05) is 0 Å². The molecule has 216 valence electrons. The lowest BCUT2D eigenvalue weighted by Crippen LogP contribution is -2.54. The normalized spacial score (nSPS) is 21.6. The smallest absolute Gasteiger partial charge is 0.387 e. The summed E-state index contributed by atoms with van der Waals surface area (Å²) in [7, 11) is 1.71. The first kappa shape index (κ1) is 29.5. The number of benzene rings is 1. The number of alkyl halides is 3. The average Bonchev–Trinajstić information content (AvgIpc) is 2.92. The lowest BCUT2D eigenvalue weighted by atomic mass is 10.0. The SMILES string of the molecule is CNc1cncc(C(=O)N2CCC[C@@H](Nc3c(C(=O)N4C[C@@H](C)O[C@@H](C(F)(F)F)C4)cc(Br)cc3[N+](=O)[O-])C2)c1. The number of aromatic nitrogens is 1. The molecule has 0 saturated carbocycles. The summed E-state index contributed by atoms with van der Waals surface area (Å²) < 4.78 is 45.5. The van der Waals surface area contributed by atoms with E-state index >= 15 is 0 Å². The van der Waals surface area contributed by atoms with Crippen LogP contribution in [0.15, 0.2) is 35.1 Å². The number of carbonyl (C=O) groups is 2. The highest BCUT2D eigenvalue weighted by atomic mass is 79.9. The lowest BCUT2D eigenvalue weighted by Gasteiger charge is -2.38. The fourth-order valence-corrected chi connectivity index (χ4v) is 5.33. The number of pyridine rings is 1. The Morgan fingerprint density at radius 1 is 1.15 bits per heavy atom. The van der Waals surface area contributed by atoms with Gasteiger partial charge >= 0.3 is 6.18 Å². The van der Waals surface area contributed by atoms with E-state index in [2.05, 4.69) is 31.5 Å². The van der Waals surface area contributed by atoms with E-state index in [1.54, 1.807) is 24.2 Å². The van der Waals surface area contributed by atoms with Crippen molar-refractivity contribution in [3.63, 3.8) is 0 Å². The molecule has 40 heavy (non-hydrogen) atoms. The van der Waals surface area contributed by atoms with Gasteiger partial charge in [-0.1, -0.05) is 15.9 Å². The van der Waals surface area contributed by atoms with E-state index in [1.165, 1.54) is 25.3 Å². The first-order valence-electron chi connectivity index (χ1n) is 12.5. The number of nitrogens with zero attached hydrogens (tertiary/aromatic N) is 4. The van der Waals surface area contributed by atoms with Gasteiger partial charge in [0.25, 0.3) is 17.5 Å². The average molecular weight is 629 g/mol. The number of nitro benzene ring substituents is 1. The minimum absolute atomic E-state index is 0.112. The van der Waals surface area contributed by atoms with Crippen molar-refractivity contribution >= 4 is 44.8 Å². The molecule has 15 heteroatoms. The molecule has 1 aromatic heterocycles. The summed E-state index contributed by atoms with van der Waals surface area (Å²) in [5, 5.41) is 18.0. The van der Waals surface area contributed by atoms with Crippen LogP contribution in [0.25, 0.3) is 0 Å². The van der Waals surface area contributed by atoms with Gasteiger partial charge in [-0.15, -0.1) is 0 Å². The van der Waals surface area contributed by atoms with E-state index < -0.39 is 47.5 Å². The van der Waals surface area contributed by atoms with E-state index in [0.29, 0.717) is 30.6 Å². The van der Waals surface area contributed by atoms with Crippen molar-refractivity contribution in [2.24, 2.45) is 0 Å². The molecule has 2 aliphatic rings. The monoisotopic (exact) mass is 628 g/mol. The number of hydrogen-bond donors (Lipinski definition) is 2. The zero-order valence-corrected chi connectivity index (χ0v) is 23.3. The fraction of sp³-hybridized carbons (Fsp3) is 0.480. The van der Waals surface area contributed by atoms with Crippen molar-refractivity contribution in [2.75, 3.05) is 43.9 Å². The standard InChI is InChI=1S/C25H28BrF3N6O5/c1-14-11-34(13-21(40-14)25(27,28)29)24(37)19-7-16(26)8-20(35(38)39)22(19)32-17-4-3-5-33(12-17)23(36)15-6-18(30-2)10-31-9-15/h6-10,14,17,21,30,32H,3-5,11-13H2,1-2H3/t14-,17-,21-/m1/s1. The zero-order chi connectivity index (χ0) is 29.2. The molecule has 2 saturated heterocycles. The van der Waals surface area contributed by atoms with Gasteiger partial charge in [0.05, 0.1) is 34.4 Å². The minimum Gasteiger partial charge on any atom is -0.387 e. The molecule has 0 aliphatic carbocycles. The van der Waals surface area contributed by atoms with Crippen LogP contribution in [0.2, 0.25) is 0 Å². The zero-order valence-electron chi connectivity index (χ0n) is 21.7. The van der Waals surface area contributed by atoms with Gasteiger partial charge in [0.2, 0.25) is 0 Å². The topological polar surface area (TPSA) is 130 Å². The number of piperidine rings is 1. The largest absolute Gasteiger partial charge is 0.416 e. The first-order valence-corrected chi connectivity index (χ1v) is 13.3. The maximum absolute atomic E-state index is 13.6. The summed E-state index contributed by atoms with van der Waals surface area (Å²) in [6.45, 7) is 1.22. The Morgan fingerprint density at radius 3 is 2.58 bits per heavy atom. The number of ether oxygens (including phenoxy) is 1. The molecular weight excluding hydrogens is 601 g/mol. The van der Waals surface area contributed by atoms with Crippen LogP contribution in [0.4, 0.5) is 30.2 Å². The Bertz CT molecular complexity index is 1300. The van der Waals surface area contributed by atoms with Gasteiger partial charge in [-0.2, -0.15) is 13.2 Å². The predicted octanol–water partition coefficient (Wildman–Crippen LogP) is 4.30. The van der Waals surface area contributed by atoms with Crippen LogP contribution in [0.5, 0.6) is 0 Å². The molecule has 0 unspecified atom stereocenters. The van der Waals surface area contributed by atoms with Crippen molar-refractivity contribution in [2.45, 2.75) is 44.2 Å². The van der Waals surface area contributed by atoms with Crippen LogP contribution in [0.1, 0.15) is 40.5 Å². The number of morpholine rings is 1. The molecule has 0 spiro atoms. The number of nitro groups is 1. The number of likely N-dealkylation sites (tertiary alicyclic amines) is 1. The van der Waals surface area contributed by atoms with Gasteiger partial charge < -0.3 is 25.2 Å². The van der Waals surface area contributed by atoms with Crippen LogP contribution in [-0.4, -0.2) is 89.2 Å². The number of carbonyl (C=O) groups excluding carboxylic acids is 2. The summed E-state index contributed by atoms with van der Waals surface area (Å²) in [4.78, 5) is 44.7. The van der Waals surface area contributed by atoms with Crippen LogP contribution in [-0.2, 0) is 4.74 Å². The quantitative estimate of drug-likeness (QED) is 0.358. The highest BCUT2D eigenvalue weighted by Crippen LogP contribution is 2.36.